The SMILES string of the molecule is CB1OCC(C)(C)CO1.CB1OCCCO1.CC.CC. The van der Waals surface area contributed by atoms with Crippen LogP contribution in [0.1, 0.15) is 48.0 Å². The summed E-state index contributed by atoms with van der Waals surface area (Å²) >= 11 is 0. The second-order valence-corrected chi connectivity index (χ2v) is 5.02. The van der Waals surface area contributed by atoms with Crippen LogP contribution in [0.5, 0.6) is 0 Å². The van der Waals surface area contributed by atoms with Crippen LogP contribution in [-0.4, -0.2) is 40.7 Å². The van der Waals surface area contributed by atoms with Crippen molar-refractivity contribution in [2.24, 2.45) is 5.41 Å². The van der Waals surface area contributed by atoms with Gasteiger partial charge < -0.3 is 18.6 Å². The second-order valence-electron chi connectivity index (χ2n) is 5.02. The molecule has 6 heteroatoms. The van der Waals surface area contributed by atoms with Crippen LogP contribution >= 0.6 is 0 Å². The van der Waals surface area contributed by atoms with Crippen molar-refractivity contribution in [2.75, 3.05) is 26.4 Å². The van der Waals surface area contributed by atoms with E-state index in [4.69, 9.17) is 18.6 Å². The second kappa shape index (κ2) is 13.9. The first-order valence-corrected chi connectivity index (χ1v) is 7.96. The molecule has 0 radical (unpaired) electrons. The number of hydrogen-bond donors (Lipinski definition) is 0. The smallest absolute Gasteiger partial charge is 0.411 e. The van der Waals surface area contributed by atoms with E-state index in [0.29, 0.717) is 0 Å². The molecule has 0 aliphatic carbocycles. The quantitative estimate of drug-likeness (QED) is 0.636. The lowest BCUT2D eigenvalue weighted by Crippen LogP contribution is -2.38. The van der Waals surface area contributed by atoms with E-state index >= 15 is 0 Å². The molecule has 2 fully saturated rings. The van der Waals surface area contributed by atoms with Crippen LogP contribution in [0.25, 0.3) is 0 Å². The van der Waals surface area contributed by atoms with Crippen molar-refractivity contribution in [1.82, 2.24) is 0 Å². The third-order valence-corrected chi connectivity index (χ3v) is 2.41. The maximum absolute atomic E-state index is 5.27. The van der Waals surface area contributed by atoms with Gasteiger partial charge >= 0.3 is 14.2 Å². The predicted molar refractivity (Wildman–Crippen MR) is 88.1 cm³/mol. The lowest BCUT2D eigenvalue weighted by Gasteiger charge is -2.31. The molecule has 2 rings (SSSR count). The van der Waals surface area contributed by atoms with Gasteiger partial charge in [0.25, 0.3) is 0 Å². The average Bonchev–Trinajstić information content (AvgIpc) is 2.48. The molecule has 20 heavy (non-hydrogen) atoms. The van der Waals surface area contributed by atoms with Crippen molar-refractivity contribution in [3.05, 3.63) is 0 Å². The fourth-order valence-corrected chi connectivity index (χ4v) is 1.38. The molecule has 2 heterocycles. The first kappa shape index (κ1) is 22.3. The average molecular weight is 288 g/mol. The Balaban J connectivity index is 0. The fraction of sp³-hybridized carbons (Fsp3) is 1.00. The molecular formula is C14H34B2O4. The summed E-state index contributed by atoms with van der Waals surface area (Å²) in [6, 6.07) is 0. The van der Waals surface area contributed by atoms with E-state index in [0.717, 1.165) is 32.8 Å². The van der Waals surface area contributed by atoms with Gasteiger partial charge in [0.15, 0.2) is 0 Å². The molecule has 4 nitrogen and oxygen atoms in total. The molecule has 0 N–H and O–H groups in total. The standard InChI is InChI=1S/C6H13BO2.C4H9BO2.2C2H6/c1-6(2)4-8-7(3)9-5-6;1-5-6-3-2-4-7-5;2*1-2/h4-5H2,1-3H3;2-4H2,1H3;2*1-2H3. The highest BCUT2D eigenvalue weighted by Gasteiger charge is 2.28. The summed E-state index contributed by atoms with van der Waals surface area (Å²) in [4.78, 5) is 0. The normalized spacial score (nSPS) is 20.4. The molecule has 0 amide bonds. The zero-order valence-electron chi connectivity index (χ0n) is 14.8. The minimum Gasteiger partial charge on any atom is -0.411 e. The van der Waals surface area contributed by atoms with Gasteiger partial charge in [-0.1, -0.05) is 41.5 Å². The van der Waals surface area contributed by atoms with Crippen molar-refractivity contribution in [2.45, 2.75) is 61.6 Å². The van der Waals surface area contributed by atoms with Crippen LogP contribution in [0.15, 0.2) is 0 Å². The molecule has 0 atom stereocenters. The molecule has 0 spiro atoms. The molecule has 0 aromatic heterocycles. The third kappa shape index (κ3) is 13.0. The van der Waals surface area contributed by atoms with E-state index in [1.165, 1.54) is 0 Å². The molecule has 0 aromatic rings. The molecule has 0 saturated carbocycles. The minimum atomic E-state index is -0.00183. The third-order valence-electron chi connectivity index (χ3n) is 2.41. The highest BCUT2D eigenvalue weighted by molar-refractivity contribution is 6.42. The Hall–Kier alpha value is -0.0301. The molecule has 0 aromatic carbocycles. The summed E-state index contributed by atoms with van der Waals surface area (Å²) in [6.45, 7) is 19.5. The van der Waals surface area contributed by atoms with E-state index in [-0.39, 0.29) is 19.7 Å². The Morgan fingerprint density at radius 2 is 1.05 bits per heavy atom. The maximum atomic E-state index is 5.27. The van der Waals surface area contributed by atoms with Crippen LogP contribution in [0.3, 0.4) is 0 Å². The molecule has 0 bridgehead atoms. The Bertz CT molecular complexity index is 188. The summed E-state index contributed by atoms with van der Waals surface area (Å²) in [5.74, 6) is 0. The topological polar surface area (TPSA) is 36.9 Å². The van der Waals surface area contributed by atoms with Gasteiger partial charge in [-0.3, -0.25) is 0 Å². The molecule has 0 unspecified atom stereocenters. The summed E-state index contributed by atoms with van der Waals surface area (Å²) < 4.78 is 20.7. The number of hydrogen-bond acceptors (Lipinski definition) is 4. The Kier molecular flexibility index (Phi) is 15.5. The predicted octanol–water partition coefficient (Wildman–Crippen LogP) is 3.77. The van der Waals surface area contributed by atoms with Crippen molar-refractivity contribution in [3.63, 3.8) is 0 Å². The van der Waals surface area contributed by atoms with Crippen LogP contribution in [0.2, 0.25) is 13.6 Å². The van der Waals surface area contributed by atoms with Gasteiger partial charge in [-0.05, 0) is 20.1 Å². The first-order valence-electron chi connectivity index (χ1n) is 7.96. The zero-order valence-corrected chi connectivity index (χ0v) is 14.8. The molecule has 120 valence electrons. The Morgan fingerprint density at radius 3 is 1.30 bits per heavy atom. The largest absolute Gasteiger partial charge is 0.453 e. The molecule has 2 aliphatic heterocycles. The summed E-state index contributed by atoms with van der Waals surface area (Å²) in [5, 5.41) is 0. The van der Waals surface area contributed by atoms with E-state index in [1.54, 1.807) is 0 Å². The van der Waals surface area contributed by atoms with Gasteiger partial charge in [-0.15, -0.1) is 0 Å². The lowest BCUT2D eigenvalue weighted by atomic mass is 9.86. The van der Waals surface area contributed by atoms with Crippen LogP contribution in [0, 0.1) is 5.41 Å². The Labute approximate surface area is 127 Å². The van der Waals surface area contributed by atoms with Crippen LogP contribution in [0.4, 0.5) is 0 Å². The fourth-order valence-electron chi connectivity index (χ4n) is 1.38. The highest BCUT2D eigenvalue weighted by atomic mass is 16.6. The van der Waals surface area contributed by atoms with Gasteiger partial charge in [0.05, 0.1) is 0 Å². The highest BCUT2D eigenvalue weighted by Crippen LogP contribution is 2.20. The van der Waals surface area contributed by atoms with Crippen LogP contribution in [-0.2, 0) is 18.6 Å². The molecule has 2 saturated heterocycles. The molecular weight excluding hydrogens is 254 g/mol. The van der Waals surface area contributed by atoms with Crippen LogP contribution < -0.4 is 0 Å². The summed E-state index contributed by atoms with van der Waals surface area (Å²) in [6.07, 6.45) is 1.05. The zero-order chi connectivity index (χ0) is 16.0. The molecule has 2 aliphatic rings. The maximum Gasteiger partial charge on any atom is 0.453 e. The first-order chi connectivity index (χ1) is 9.49. The monoisotopic (exact) mass is 288 g/mol. The summed E-state index contributed by atoms with van der Waals surface area (Å²) in [5.41, 5.74) is 0.215. The van der Waals surface area contributed by atoms with E-state index in [9.17, 15) is 0 Å². The van der Waals surface area contributed by atoms with Gasteiger partial charge in [0, 0.05) is 31.8 Å². The van der Waals surface area contributed by atoms with Gasteiger partial charge in [0.2, 0.25) is 0 Å². The van der Waals surface area contributed by atoms with Crippen molar-refractivity contribution in [3.8, 4) is 0 Å². The Morgan fingerprint density at radius 1 is 0.700 bits per heavy atom. The minimum absolute atomic E-state index is 0.00183. The van der Waals surface area contributed by atoms with Crippen molar-refractivity contribution >= 4 is 14.2 Å². The van der Waals surface area contributed by atoms with Crippen molar-refractivity contribution < 1.29 is 18.6 Å². The van der Waals surface area contributed by atoms with Gasteiger partial charge in [-0.2, -0.15) is 0 Å². The summed E-state index contributed by atoms with van der Waals surface area (Å²) in [7, 11) is 0.0341. The van der Waals surface area contributed by atoms with Crippen molar-refractivity contribution in [1.29, 1.82) is 0 Å². The van der Waals surface area contributed by atoms with E-state index in [2.05, 4.69) is 13.8 Å². The van der Waals surface area contributed by atoms with E-state index in [1.807, 2.05) is 41.3 Å². The van der Waals surface area contributed by atoms with Gasteiger partial charge in [-0.25, -0.2) is 0 Å². The van der Waals surface area contributed by atoms with E-state index < -0.39 is 0 Å². The number of rotatable bonds is 0. The van der Waals surface area contributed by atoms with Gasteiger partial charge in [0.1, 0.15) is 0 Å². The lowest BCUT2D eigenvalue weighted by molar-refractivity contribution is 0.0311.